The zero-order chi connectivity index (χ0) is 18.4. The molecule has 2 aromatic heterocycles. The minimum atomic E-state index is -0.535. The van der Waals surface area contributed by atoms with E-state index in [0.717, 1.165) is 18.5 Å². The standard InChI is InChI=1S/C18H24N4O3/c1-5-7-8-14-20-15(18(24)25-6-2)16(21-14)22-17(23)13-10-9-11(3)19-12(13)4/h9-10H,5-8H2,1-4H3,(H,20,21)(H,22,23). The zero-order valence-electron chi connectivity index (χ0n) is 15.1. The van der Waals surface area contributed by atoms with Crippen LogP contribution in [0.2, 0.25) is 0 Å². The first-order valence-electron chi connectivity index (χ1n) is 8.47. The molecule has 7 nitrogen and oxygen atoms in total. The minimum Gasteiger partial charge on any atom is -0.461 e. The van der Waals surface area contributed by atoms with Crippen LogP contribution in [0.4, 0.5) is 5.82 Å². The summed E-state index contributed by atoms with van der Waals surface area (Å²) in [5.74, 6) is -0.0515. The number of ether oxygens (including phenoxy) is 1. The number of aryl methyl sites for hydroxylation is 3. The van der Waals surface area contributed by atoms with Gasteiger partial charge in [-0.25, -0.2) is 9.78 Å². The van der Waals surface area contributed by atoms with Crippen molar-refractivity contribution in [2.45, 2.75) is 47.0 Å². The molecule has 0 saturated carbocycles. The van der Waals surface area contributed by atoms with Crippen molar-refractivity contribution < 1.29 is 14.3 Å². The molecule has 134 valence electrons. The van der Waals surface area contributed by atoms with Gasteiger partial charge < -0.3 is 15.0 Å². The Labute approximate surface area is 147 Å². The number of anilines is 1. The number of imidazole rings is 1. The molecule has 25 heavy (non-hydrogen) atoms. The van der Waals surface area contributed by atoms with Crippen LogP contribution in [0, 0.1) is 13.8 Å². The number of aromatic nitrogens is 3. The lowest BCUT2D eigenvalue weighted by Gasteiger charge is -2.07. The number of hydrogen-bond acceptors (Lipinski definition) is 5. The Morgan fingerprint density at radius 3 is 2.60 bits per heavy atom. The van der Waals surface area contributed by atoms with E-state index in [-0.39, 0.29) is 24.0 Å². The number of pyridine rings is 1. The van der Waals surface area contributed by atoms with Gasteiger partial charge in [0.25, 0.3) is 5.91 Å². The predicted octanol–water partition coefficient (Wildman–Crippen LogP) is 3.19. The van der Waals surface area contributed by atoms with Crippen molar-refractivity contribution in [1.82, 2.24) is 15.0 Å². The Hall–Kier alpha value is -2.70. The fourth-order valence-corrected chi connectivity index (χ4v) is 2.43. The summed E-state index contributed by atoms with van der Waals surface area (Å²) in [6.45, 7) is 7.68. The summed E-state index contributed by atoms with van der Waals surface area (Å²) >= 11 is 0. The van der Waals surface area contributed by atoms with Gasteiger partial charge in [-0.3, -0.25) is 9.78 Å². The van der Waals surface area contributed by atoms with E-state index in [1.54, 1.807) is 26.0 Å². The molecule has 2 N–H and O–H groups in total. The molecule has 1 amide bonds. The van der Waals surface area contributed by atoms with Crippen molar-refractivity contribution in [3.8, 4) is 0 Å². The van der Waals surface area contributed by atoms with E-state index in [1.165, 1.54) is 0 Å². The fraction of sp³-hybridized carbons (Fsp3) is 0.444. The van der Waals surface area contributed by atoms with E-state index in [1.807, 2.05) is 6.92 Å². The Morgan fingerprint density at radius 1 is 1.20 bits per heavy atom. The number of hydrogen-bond donors (Lipinski definition) is 2. The van der Waals surface area contributed by atoms with E-state index in [9.17, 15) is 9.59 Å². The maximum atomic E-state index is 12.5. The second-order valence-electron chi connectivity index (χ2n) is 5.77. The number of rotatable bonds is 7. The summed E-state index contributed by atoms with van der Waals surface area (Å²) in [7, 11) is 0. The molecule has 0 fully saturated rings. The monoisotopic (exact) mass is 344 g/mol. The SMILES string of the molecule is CCCCc1nc(NC(=O)c2ccc(C)nc2C)c(C(=O)OCC)[nH]1. The fourth-order valence-electron chi connectivity index (χ4n) is 2.43. The Balaban J connectivity index is 2.28. The highest BCUT2D eigenvalue weighted by molar-refractivity contribution is 6.07. The number of carbonyl (C=O) groups is 2. The van der Waals surface area contributed by atoms with Gasteiger partial charge in [-0.15, -0.1) is 0 Å². The van der Waals surface area contributed by atoms with Gasteiger partial charge in [-0.2, -0.15) is 0 Å². The molecule has 0 unspecified atom stereocenters. The van der Waals surface area contributed by atoms with Gasteiger partial charge in [0.2, 0.25) is 0 Å². The summed E-state index contributed by atoms with van der Waals surface area (Å²) in [5.41, 5.74) is 2.07. The molecule has 0 saturated heterocycles. The molecular weight excluding hydrogens is 320 g/mol. The second-order valence-corrected chi connectivity index (χ2v) is 5.77. The van der Waals surface area contributed by atoms with Crippen molar-refractivity contribution in [1.29, 1.82) is 0 Å². The highest BCUT2D eigenvalue weighted by Crippen LogP contribution is 2.17. The molecule has 0 spiro atoms. The topological polar surface area (TPSA) is 97.0 Å². The summed E-state index contributed by atoms with van der Waals surface area (Å²) in [6.07, 6.45) is 2.64. The number of H-pyrrole nitrogens is 1. The van der Waals surface area contributed by atoms with Gasteiger partial charge in [0, 0.05) is 12.1 Å². The summed E-state index contributed by atoms with van der Waals surface area (Å²) in [4.78, 5) is 36.3. The normalized spacial score (nSPS) is 10.6. The number of unbranched alkanes of at least 4 members (excludes halogenated alkanes) is 1. The molecule has 0 bridgehead atoms. The quantitative estimate of drug-likeness (QED) is 0.752. The lowest BCUT2D eigenvalue weighted by molar-refractivity contribution is 0.0521. The van der Waals surface area contributed by atoms with Crippen LogP contribution in [-0.2, 0) is 11.2 Å². The highest BCUT2D eigenvalue weighted by atomic mass is 16.5. The molecule has 0 aliphatic heterocycles. The number of nitrogens with one attached hydrogen (secondary N) is 2. The Kier molecular flexibility index (Phi) is 6.27. The van der Waals surface area contributed by atoms with Gasteiger partial charge in [-0.1, -0.05) is 13.3 Å². The summed E-state index contributed by atoms with van der Waals surface area (Å²) in [5, 5.41) is 2.70. The van der Waals surface area contributed by atoms with Gasteiger partial charge in [0.15, 0.2) is 11.5 Å². The molecule has 2 heterocycles. The van der Waals surface area contributed by atoms with Gasteiger partial charge in [0.1, 0.15) is 5.82 Å². The minimum absolute atomic E-state index is 0.166. The number of esters is 1. The number of amides is 1. The Bertz CT molecular complexity index is 768. The first kappa shape index (κ1) is 18.6. The first-order chi connectivity index (χ1) is 12.0. The van der Waals surface area contributed by atoms with Gasteiger partial charge in [-0.05, 0) is 39.3 Å². The third kappa shape index (κ3) is 4.65. The van der Waals surface area contributed by atoms with Crippen LogP contribution in [0.3, 0.4) is 0 Å². The van der Waals surface area contributed by atoms with Crippen LogP contribution >= 0.6 is 0 Å². The summed E-state index contributed by atoms with van der Waals surface area (Å²) < 4.78 is 5.04. The van der Waals surface area contributed by atoms with Crippen molar-refractivity contribution >= 4 is 17.7 Å². The van der Waals surface area contributed by atoms with Crippen molar-refractivity contribution in [2.24, 2.45) is 0 Å². The zero-order valence-corrected chi connectivity index (χ0v) is 15.1. The van der Waals surface area contributed by atoms with Gasteiger partial charge in [0.05, 0.1) is 17.9 Å². The smallest absolute Gasteiger partial charge is 0.358 e. The highest BCUT2D eigenvalue weighted by Gasteiger charge is 2.21. The van der Waals surface area contributed by atoms with Crippen LogP contribution in [0.25, 0.3) is 0 Å². The molecule has 0 aliphatic rings. The van der Waals surface area contributed by atoms with E-state index in [0.29, 0.717) is 23.5 Å². The molecule has 0 aliphatic carbocycles. The van der Waals surface area contributed by atoms with Crippen molar-refractivity contribution in [3.63, 3.8) is 0 Å². The van der Waals surface area contributed by atoms with Crippen molar-refractivity contribution in [2.75, 3.05) is 11.9 Å². The largest absolute Gasteiger partial charge is 0.461 e. The van der Waals surface area contributed by atoms with E-state index in [2.05, 4.69) is 27.2 Å². The Morgan fingerprint density at radius 2 is 1.96 bits per heavy atom. The molecule has 7 heteroatoms. The average molecular weight is 344 g/mol. The molecule has 0 radical (unpaired) electrons. The first-order valence-corrected chi connectivity index (χ1v) is 8.47. The molecule has 2 rings (SSSR count). The molecule has 0 aromatic carbocycles. The third-order valence-electron chi connectivity index (χ3n) is 3.70. The van der Waals surface area contributed by atoms with Crippen LogP contribution in [-0.4, -0.2) is 33.4 Å². The average Bonchev–Trinajstić information content (AvgIpc) is 2.95. The van der Waals surface area contributed by atoms with E-state index < -0.39 is 5.97 Å². The summed E-state index contributed by atoms with van der Waals surface area (Å²) in [6, 6.07) is 3.48. The maximum Gasteiger partial charge on any atom is 0.358 e. The van der Waals surface area contributed by atoms with Crippen LogP contribution in [0.15, 0.2) is 12.1 Å². The van der Waals surface area contributed by atoms with E-state index >= 15 is 0 Å². The van der Waals surface area contributed by atoms with Crippen LogP contribution in [0.5, 0.6) is 0 Å². The van der Waals surface area contributed by atoms with Crippen LogP contribution < -0.4 is 5.32 Å². The van der Waals surface area contributed by atoms with Gasteiger partial charge >= 0.3 is 5.97 Å². The lowest BCUT2D eigenvalue weighted by atomic mass is 10.1. The number of nitrogens with zero attached hydrogens (tertiary/aromatic N) is 2. The lowest BCUT2D eigenvalue weighted by Crippen LogP contribution is -2.17. The second kappa shape index (κ2) is 8.41. The molecule has 2 aromatic rings. The van der Waals surface area contributed by atoms with E-state index in [4.69, 9.17) is 4.74 Å². The predicted molar refractivity (Wildman–Crippen MR) is 94.8 cm³/mol. The van der Waals surface area contributed by atoms with Crippen LogP contribution in [0.1, 0.15) is 64.7 Å². The number of carbonyl (C=O) groups excluding carboxylic acids is 2. The third-order valence-corrected chi connectivity index (χ3v) is 3.70. The molecular formula is C18H24N4O3. The van der Waals surface area contributed by atoms with Crippen molar-refractivity contribution in [3.05, 3.63) is 40.6 Å². The molecule has 0 atom stereocenters. The number of aromatic amines is 1. The maximum absolute atomic E-state index is 12.5.